The van der Waals surface area contributed by atoms with Crippen molar-refractivity contribution < 1.29 is 0 Å². The van der Waals surface area contributed by atoms with E-state index >= 15 is 0 Å². The lowest BCUT2D eigenvalue weighted by Gasteiger charge is -2.03. The van der Waals surface area contributed by atoms with Crippen molar-refractivity contribution in [3.63, 3.8) is 0 Å². The van der Waals surface area contributed by atoms with Crippen molar-refractivity contribution in [3.8, 4) is 0 Å². The van der Waals surface area contributed by atoms with E-state index in [-0.39, 0.29) is 0 Å². The number of hydrogen-bond acceptors (Lipinski definition) is 0. The second-order valence-electron chi connectivity index (χ2n) is 4.46. The van der Waals surface area contributed by atoms with Gasteiger partial charge in [-0.05, 0) is 32.1 Å². The van der Waals surface area contributed by atoms with Crippen LogP contribution in [0.4, 0.5) is 0 Å². The van der Waals surface area contributed by atoms with Gasteiger partial charge in [-0.15, -0.1) is 6.58 Å². The summed E-state index contributed by atoms with van der Waals surface area (Å²) in [6, 6.07) is 0. The molecule has 72 valence electrons. The van der Waals surface area contributed by atoms with E-state index in [1.165, 1.54) is 32.9 Å². The third-order valence-electron chi connectivity index (χ3n) is 2.78. The molecule has 1 fully saturated rings. The van der Waals surface area contributed by atoms with Crippen LogP contribution in [0.15, 0.2) is 24.3 Å². The van der Waals surface area contributed by atoms with Crippen molar-refractivity contribution in [1.29, 1.82) is 0 Å². The molecule has 0 aromatic carbocycles. The molecule has 1 atom stereocenters. The fraction of sp³-hybridized carbons (Fsp3) is 0.667. The highest BCUT2D eigenvalue weighted by Crippen LogP contribution is 2.31. The van der Waals surface area contributed by atoms with Gasteiger partial charge in [0.25, 0.3) is 0 Å². The van der Waals surface area contributed by atoms with E-state index < -0.39 is 0 Å². The summed E-state index contributed by atoms with van der Waals surface area (Å²) in [6.07, 6.45) is 10.00. The Morgan fingerprint density at radius 1 is 1.62 bits per heavy atom. The molecule has 0 saturated heterocycles. The minimum atomic E-state index is 0.689. The maximum atomic E-state index is 3.80. The van der Waals surface area contributed by atoms with Gasteiger partial charge in [0.15, 0.2) is 0 Å². The monoisotopic (exact) mass is 176 g/mol. The summed E-state index contributed by atoms with van der Waals surface area (Å²) in [5.74, 6) is 1.63. The normalized spacial score (nSPS) is 19.7. The number of allylic oxidation sites excluding steroid dienone is 3. The van der Waals surface area contributed by atoms with Crippen molar-refractivity contribution >= 4 is 7.28 Å². The Morgan fingerprint density at radius 3 is 2.85 bits per heavy atom. The Hall–Kier alpha value is -0.455. The first-order chi connectivity index (χ1) is 6.22. The summed E-state index contributed by atoms with van der Waals surface area (Å²) < 4.78 is 0. The standard InChI is InChI=1S/C12H21B/c1-4-11(3)13-8-7-10(2)9-12-5-6-12/h4,9,11-13H,1,5-8H2,2-3H3/b10-9-. The molecule has 1 heteroatoms. The minimum Gasteiger partial charge on any atom is -0.104 e. The molecule has 13 heavy (non-hydrogen) atoms. The van der Waals surface area contributed by atoms with Crippen LogP contribution in [0, 0.1) is 5.92 Å². The molecule has 0 spiro atoms. The van der Waals surface area contributed by atoms with Gasteiger partial charge in [0.05, 0.1) is 0 Å². The molecule has 0 aromatic heterocycles. The summed E-state index contributed by atoms with van der Waals surface area (Å²) in [5.41, 5.74) is 1.60. The first-order valence-electron chi connectivity index (χ1n) is 5.52. The van der Waals surface area contributed by atoms with Gasteiger partial charge in [0.1, 0.15) is 7.28 Å². The SMILES string of the molecule is C=CC(C)BCC/C(C)=C\C1CC1. The Kier molecular flexibility index (Phi) is 4.34. The van der Waals surface area contributed by atoms with Crippen molar-refractivity contribution in [2.45, 2.75) is 45.2 Å². The first kappa shape index (κ1) is 10.6. The second-order valence-corrected chi connectivity index (χ2v) is 4.46. The highest BCUT2D eigenvalue weighted by Gasteiger charge is 2.17. The van der Waals surface area contributed by atoms with E-state index in [9.17, 15) is 0 Å². The summed E-state index contributed by atoms with van der Waals surface area (Å²) >= 11 is 0. The summed E-state index contributed by atoms with van der Waals surface area (Å²) in [7, 11) is 1.29. The second kappa shape index (κ2) is 5.31. The molecule has 0 bridgehead atoms. The predicted octanol–water partition coefficient (Wildman–Crippen LogP) is 3.58. The topological polar surface area (TPSA) is 0 Å². The highest BCUT2D eigenvalue weighted by molar-refractivity contribution is 6.38. The largest absolute Gasteiger partial charge is 0.128 e. The van der Waals surface area contributed by atoms with Crippen molar-refractivity contribution in [2.24, 2.45) is 5.92 Å². The highest BCUT2D eigenvalue weighted by atomic mass is 14.2. The fourth-order valence-electron chi connectivity index (χ4n) is 1.57. The summed E-state index contributed by atoms with van der Waals surface area (Å²) in [6.45, 7) is 8.32. The van der Waals surface area contributed by atoms with E-state index in [1.807, 2.05) is 0 Å². The van der Waals surface area contributed by atoms with Gasteiger partial charge < -0.3 is 0 Å². The third kappa shape index (κ3) is 4.97. The molecule has 1 aliphatic rings. The van der Waals surface area contributed by atoms with Crippen LogP contribution in [-0.2, 0) is 0 Å². The van der Waals surface area contributed by atoms with Crippen molar-refractivity contribution in [2.75, 3.05) is 0 Å². The maximum Gasteiger partial charge on any atom is 0.128 e. The zero-order chi connectivity index (χ0) is 9.68. The predicted molar refractivity (Wildman–Crippen MR) is 62.7 cm³/mol. The quantitative estimate of drug-likeness (QED) is 0.428. The molecule has 0 radical (unpaired) electrons. The molecule has 1 saturated carbocycles. The fourth-order valence-corrected chi connectivity index (χ4v) is 1.57. The van der Waals surface area contributed by atoms with Crippen LogP contribution in [0.2, 0.25) is 12.1 Å². The van der Waals surface area contributed by atoms with Crippen molar-refractivity contribution in [3.05, 3.63) is 24.3 Å². The Labute approximate surface area is 83.4 Å². The van der Waals surface area contributed by atoms with E-state index in [1.54, 1.807) is 5.57 Å². The maximum absolute atomic E-state index is 3.80. The Morgan fingerprint density at radius 2 is 2.31 bits per heavy atom. The van der Waals surface area contributed by atoms with Crippen LogP contribution >= 0.6 is 0 Å². The average Bonchev–Trinajstić information content (AvgIpc) is 2.88. The summed E-state index contributed by atoms with van der Waals surface area (Å²) in [5, 5.41) is 0. The van der Waals surface area contributed by atoms with Crippen LogP contribution in [0.1, 0.15) is 33.1 Å². The molecule has 0 nitrogen and oxygen atoms in total. The first-order valence-corrected chi connectivity index (χ1v) is 5.52. The van der Waals surface area contributed by atoms with E-state index in [4.69, 9.17) is 0 Å². The minimum absolute atomic E-state index is 0.689. The van der Waals surface area contributed by atoms with E-state index in [0.29, 0.717) is 5.82 Å². The van der Waals surface area contributed by atoms with E-state index in [0.717, 1.165) is 5.92 Å². The lowest BCUT2D eigenvalue weighted by atomic mass is 9.61. The van der Waals surface area contributed by atoms with Crippen LogP contribution in [-0.4, -0.2) is 7.28 Å². The average molecular weight is 176 g/mol. The van der Waals surface area contributed by atoms with Crippen LogP contribution in [0.3, 0.4) is 0 Å². The lowest BCUT2D eigenvalue weighted by Crippen LogP contribution is -1.95. The van der Waals surface area contributed by atoms with Gasteiger partial charge in [-0.25, -0.2) is 0 Å². The van der Waals surface area contributed by atoms with Crippen molar-refractivity contribution in [1.82, 2.24) is 0 Å². The molecule has 0 N–H and O–H groups in total. The lowest BCUT2D eigenvalue weighted by molar-refractivity contribution is 1.00. The number of rotatable bonds is 6. The molecular weight excluding hydrogens is 155 g/mol. The van der Waals surface area contributed by atoms with Gasteiger partial charge in [0, 0.05) is 0 Å². The molecule has 0 aliphatic heterocycles. The smallest absolute Gasteiger partial charge is 0.104 e. The molecular formula is C12H21B. The van der Waals surface area contributed by atoms with Gasteiger partial charge in [0.2, 0.25) is 0 Å². The van der Waals surface area contributed by atoms with Crippen LogP contribution < -0.4 is 0 Å². The molecule has 1 rings (SSSR count). The van der Waals surface area contributed by atoms with Gasteiger partial charge in [-0.3, -0.25) is 0 Å². The Balaban J connectivity index is 2.07. The molecule has 1 aliphatic carbocycles. The van der Waals surface area contributed by atoms with Crippen LogP contribution in [0.5, 0.6) is 0 Å². The Bertz CT molecular complexity index is 189. The van der Waals surface area contributed by atoms with Crippen LogP contribution in [0.25, 0.3) is 0 Å². The molecule has 0 heterocycles. The van der Waals surface area contributed by atoms with E-state index in [2.05, 4.69) is 32.6 Å². The third-order valence-corrected chi connectivity index (χ3v) is 2.78. The molecule has 0 amide bonds. The summed E-state index contributed by atoms with van der Waals surface area (Å²) in [4.78, 5) is 0. The van der Waals surface area contributed by atoms with Gasteiger partial charge in [-0.2, -0.15) is 0 Å². The molecule has 1 unspecified atom stereocenters. The zero-order valence-corrected chi connectivity index (χ0v) is 9.05. The van der Waals surface area contributed by atoms with Gasteiger partial charge >= 0.3 is 0 Å². The zero-order valence-electron chi connectivity index (χ0n) is 9.05. The molecule has 0 aromatic rings. The number of hydrogen-bond donors (Lipinski definition) is 0. The van der Waals surface area contributed by atoms with Gasteiger partial charge in [-0.1, -0.05) is 36.8 Å².